The molecule has 0 amide bonds. The Labute approximate surface area is 160 Å². The number of pyridine rings is 1. The lowest BCUT2D eigenvalue weighted by Gasteiger charge is -2.37. The van der Waals surface area contributed by atoms with Gasteiger partial charge in [-0.2, -0.15) is 0 Å². The lowest BCUT2D eigenvalue weighted by Crippen LogP contribution is -2.50. The topological polar surface area (TPSA) is 69.5 Å². The van der Waals surface area contributed by atoms with Crippen LogP contribution in [0, 0.1) is 0 Å². The van der Waals surface area contributed by atoms with Gasteiger partial charge in [0, 0.05) is 24.7 Å². The number of halogens is 1. The molecule has 2 aromatic rings. The quantitative estimate of drug-likeness (QED) is 0.380. The SMILES string of the molecule is CCNC(=NCc1ccnc2ccccc12)NCC1(O)CCC1.I. The summed E-state index contributed by atoms with van der Waals surface area (Å²) >= 11 is 0. The van der Waals surface area contributed by atoms with Crippen LogP contribution in [-0.4, -0.2) is 34.7 Å². The zero-order chi connectivity index (χ0) is 16.1. The van der Waals surface area contributed by atoms with Crippen molar-refractivity contribution < 1.29 is 5.11 Å². The van der Waals surface area contributed by atoms with Gasteiger partial charge in [-0.1, -0.05) is 18.2 Å². The minimum absolute atomic E-state index is 0. The third kappa shape index (κ3) is 4.57. The summed E-state index contributed by atoms with van der Waals surface area (Å²) in [5, 5.41) is 17.8. The van der Waals surface area contributed by atoms with Crippen LogP contribution in [0.5, 0.6) is 0 Å². The molecule has 1 saturated carbocycles. The van der Waals surface area contributed by atoms with E-state index in [2.05, 4.69) is 26.7 Å². The first-order valence-electron chi connectivity index (χ1n) is 8.27. The van der Waals surface area contributed by atoms with Crippen molar-refractivity contribution in [2.45, 2.75) is 38.3 Å². The van der Waals surface area contributed by atoms with Crippen molar-refractivity contribution in [3.63, 3.8) is 0 Å². The third-order valence-electron chi connectivity index (χ3n) is 4.36. The van der Waals surface area contributed by atoms with E-state index in [9.17, 15) is 5.11 Å². The van der Waals surface area contributed by atoms with Crippen molar-refractivity contribution in [2.75, 3.05) is 13.1 Å². The largest absolute Gasteiger partial charge is 0.388 e. The maximum absolute atomic E-state index is 10.2. The fourth-order valence-corrected chi connectivity index (χ4v) is 2.81. The zero-order valence-corrected chi connectivity index (χ0v) is 16.3. The Morgan fingerprint density at radius 1 is 1.25 bits per heavy atom. The van der Waals surface area contributed by atoms with Crippen molar-refractivity contribution in [3.8, 4) is 0 Å². The van der Waals surface area contributed by atoms with E-state index in [1.807, 2.05) is 37.4 Å². The molecular weight excluding hydrogens is 415 g/mol. The number of aromatic nitrogens is 1. The lowest BCUT2D eigenvalue weighted by molar-refractivity contribution is -0.0279. The van der Waals surface area contributed by atoms with Crippen LogP contribution < -0.4 is 10.6 Å². The van der Waals surface area contributed by atoms with Crippen LogP contribution >= 0.6 is 24.0 Å². The van der Waals surface area contributed by atoms with Crippen LogP contribution in [0.25, 0.3) is 10.9 Å². The first-order valence-corrected chi connectivity index (χ1v) is 8.27. The molecule has 1 heterocycles. The van der Waals surface area contributed by atoms with Crippen LogP contribution in [0.4, 0.5) is 0 Å². The van der Waals surface area contributed by atoms with E-state index in [1.54, 1.807) is 0 Å². The van der Waals surface area contributed by atoms with Crippen LogP contribution in [0.2, 0.25) is 0 Å². The maximum Gasteiger partial charge on any atom is 0.191 e. The number of fused-ring (bicyclic) bond motifs is 1. The molecule has 0 aliphatic heterocycles. The molecule has 0 unspecified atom stereocenters. The summed E-state index contributed by atoms with van der Waals surface area (Å²) in [6, 6.07) is 10.1. The fourth-order valence-electron chi connectivity index (χ4n) is 2.81. The smallest absolute Gasteiger partial charge is 0.191 e. The zero-order valence-electron chi connectivity index (χ0n) is 14.0. The van der Waals surface area contributed by atoms with Crippen molar-refractivity contribution in [3.05, 3.63) is 42.1 Å². The van der Waals surface area contributed by atoms with Gasteiger partial charge in [0.15, 0.2) is 5.96 Å². The lowest BCUT2D eigenvalue weighted by atomic mass is 9.80. The molecule has 5 nitrogen and oxygen atoms in total. The molecule has 0 radical (unpaired) electrons. The van der Waals surface area contributed by atoms with Gasteiger partial charge < -0.3 is 15.7 Å². The Morgan fingerprint density at radius 2 is 2.04 bits per heavy atom. The summed E-state index contributed by atoms with van der Waals surface area (Å²) < 4.78 is 0. The second kappa shape index (κ2) is 8.62. The second-order valence-corrected chi connectivity index (χ2v) is 6.11. The summed E-state index contributed by atoms with van der Waals surface area (Å²) in [4.78, 5) is 9.03. The van der Waals surface area contributed by atoms with E-state index in [1.165, 1.54) is 0 Å². The van der Waals surface area contributed by atoms with Gasteiger partial charge >= 0.3 is 0 Å². The molecule has 130 valence electrons. The van der Waals surface area contributed by atoms with Crippen LogP contribution in [0.3, 0.4) is 0 Å². The summed E-state index contributed by atoms with van der Waals surface area (Å²) in [5.74, 6) is 0.744. The van der Waals surface area contributed by atoms with E-state index in [4.69, 9.17) is 0 Å². The van der Waals surface area contributed by atoms with Crippen molar-refractivity contribution >= 4 is 40.8 Å². The molecule has 0 bridgehead atoms. The van der Waals surface area contributed by atoms with Gasteiger partial charge in [-0.15, -0.1) is 24.0 Å². The van der Waals surface area contributed by atoms with E-state index >= 15 is 0 Å². The third-order valence-corrected chi connectivity index (χ3v) is 4.36. The van der Waals surface area contributed by atoms with Crippen LogP contribution in [-0.2, 0) is 6.54 Å². The first kappa shape index (κ1) is 18.9. The normalized spacial score (nSPS) is 16.2. The van der Waals surface area contributed by atoms with Crippen molar-refractivity contribution in [2.24, 2.45) is 4.99 Å². The number of para-hydroxylation sites is 1. The summed E-state index contributed by atoms with van der Waals surface area (Å²) in [7, 11) is 0. The predicted molar refractivity (Wildman–Crippen MR) is 109 cm³/mol. The standard InChI is InChI=1S/C18H24N4O.HI/c1-2-19-17(22-13-18(23)9-5-10-18)21-12-14-8-11-20-16-7-4-3-6-15(14)16;/h3-4,6-8,11,23H,2,5,9-10,12-13H2,1H3,(H2,19,21,22);1H. The summed E-state index contributed by atoms with van der Waals surface area (Å²) in [6.07, 6.45) is 4.67. The van der Waals surface area contributed by atoms with E-state index in [-0.39, 0.29) is 24.0 Å². The number of rotatable bonds is 5. The van der Waals surface area contributed by atoms with Crippen LogP contribution in [0.1, 0.15) is 31.7 Å². The van der Waals surface area contributed by atoms with E-state index in [0.717, 1.165) is 48.2 Å². The minimum atomic E-state index is -0.556. The number of nitrogens with one attached hydrogen (secondary N) is 2. The molecule has 0 atom stereocenters. The molecule has 0 spiro atoms. The number of aliphatic imine (C=N–C) groups is 1. The Morgan fingerprint density at radius 3 is 2.75 bits per heavy atom. The number of aliphatic hydroxyl groups is 1. The maximum atomic E-state index is 10.2. The summed E-state index contributed by atoms with van der Waals surface area (Å²) in [6.45, 7) is 3.96. The number of guanidine groups is 1. The minimum Gasteiger partial charge on any atom is -0.388 e. The van der Waals surface area contributed by atoms with Crippen molar-refractivity contribution in [1.82, 2.24) is 15.6 Å². The van der Waals surface area contributed by atoms with Gasteiger partial charge in [-0.25, -0.2) is 4.99 Å². The Hall–Kier alpha value is -1.41. The van der Waals surface area contributed by atoms with Crippen LogP contribution in [0.15, 0.2) is 41.5 Å². The Kier molecular flexibility index (Phi) is 6.79. The Bertz CT molecular complexity index is 695. The molecule has 6 heteroatoms. The molecule has 3 N–H and O–H groups in total. The number of nitrogens with zero attached hydrogens (tertiary/aromatic N) is 2. The van der Waals surface area contributed by atoms with Gasteiger partial charge in [-0.05, 0) is 43.9 Å². The molecule has 24 heavy (non-hydrogen) atoms. The highest BCUT2D eigenvalue weighted by Crippen LogP contribution is 2.30. The molecule has 1 aromatic carbocycles. The van der Waals surface area contributed by atoms with Crippen molar-refractivity contribution in [1.29, 1.82) is 0 Å². The van der Waals surface area contributed by atoms with Gasteiger partial charge in [0.1, 0.15) is 0 Å². The van der Waals surface area contributed by atoms with Gasteiger partial charge in [0.05, 0.1) is 17.7 Å². The molecule has 0 saturated heterocycles. The summed E-state index contributed by atoms with van der Waals surface area (Å²) in [5.41, 5.74) is 1.58. The Balaban J connectivity index is 0.00000208. The van der Waals surface area contributed by atoms with Gasteiger partial charge in [0.2, 0.25) is 0 Å². The average Bonchev–Trinajstić information content (AvgIpc) is 2.55. The fraction of sp³-hybridized carbons (Fsp3) is 0.444. The predicted octanol–water partition coefficient (Wildman–Crippen LogP) is 2.82. The van der Waals surface area contributed by atoms with Gasteiger partial charge in [0.25, 0.3) is 0 Å². The van der Waals surface area contributed by atoms with Gasteiger partial charge in [-0.3, -0.25) is 4.98 Å². The molecule has 1 aliphatic carbocycles. The average molecular weight is 440 g/mol. The molecule has 1 fully saturated rings. The number of benzene rings is 1. The molecule has 1 aliphatic rings. The highest BCUT2D eigenvalue weighted by molar-refractivity contribution is 14.0. The van der Waals surface area contributed by atoms with E-state index in [0.29, 0.717) is 13.1 Å². The monoisotopic (exact) mass is 440 g/mol. The molecule has 3 rings (SSSR count). The highest BCUT2D eigenvalue weighted by atomic mass is 127. The molecule has 1 aromatic heterocycles. The second-order valence-electron chi connectivity index (χ2n) is 6.11. The first-order chi connectivity index (χ1) is 11.2. The van der Waals surface area contributed by atoms with E-state index < -0.39 is 5.60 Å². The molecular formula is C18H25IN4O. The number of hydrogen-bond donors (Lipinski definition) is 3. The highest BCUT2D eigenvalue weighted by Gasteiger charge is 2.34. The number of hydrogen-bond acceptors (Lipinski definition) is 3.